The quantitative estimate of drug-likeness (QED) is 0.676. The molecule has 2 aromatic carbocycles. The highest BCUT2D eigenvalue weighted by Crippen LogP contribution is 2.36. The van der Waals surface area contributed by atoms with Gasteiger partial charge in [0.15, 0.2) is 6.61 Å². The topological polar surface area (TPSA) is 64.6 Å². The standard InChI is InChI=1S/C19H17NO4S/c1-2-23-19(22)17-14-10-6-7-11-15(14)25-18(17)20-16(21)12-24-13-8-4-3-5-9-13/h3-11H,2,12H2,1H3,(H,20,21). The lowest BCUT2D eigenvalue weighted by molar-refractivity contribution is -0.118. The van der Waals surface area contributed by atoms with Crippen LogP contribution in [0.4, 0.5) is 5.00 Å². The van der Waals surface area contributed by atoms with Gasteiger partial charge in [0, 0.05) is 10.1 Å². The van der Waals surface area contributed by atoms with Crippen LogP contribution in [-0.4, -0.2) is 25.1 Å². The maximum atomic E-state index is 12.3. The number of anilines is 1. The van der Waals surface area contributed by atoms with Crippen LogP contribution in [0.3, 0.4) is 0 Å². The van der Waals surface area contributed by atoms with Gasteiger partial charge in [0.05, 0.1) is 6.61 Å². The average molecular weight is 355 g/mol. The van der Waals surface area contributed by atoms with Gasteiger partial charge in [0.2, 0.25) is 0 Å². The molecule has 0 aliphatic heterocycles. The molecule has 0 aliphatic carbocycles. The van der Waals surface area contributed by atoms with Crippen molar-refractivity contribution in [3.63, 3.8) is 0 Å². The van der Waals surface area contributed by atoms with Crippen molar-refractivity contribution in [3.8, 4) is 5.75 Å². The first-order valence-electron chi connectivity index (χ1n) is 7.85. The van der Waals surface area contributed by atoms with Gasteiger partial charge in [-0.1, -0.05) is 36.4 Å². The number of benzene rings is 2. The summed E-state index contributed by atoms with van der Waals surface area (Å²) in [5.74, 6) is -0.167. The third-order valence-corrected chi connectivity index (χ3v) is 4.53. The Labute approximate surface area is 149 Å². The minimum absolute atomic E-state index is 0.138. The summed E-state index contributed by atoms with van der Waals surface area (Å²) in [5.41, 5.74) is 0.385. The number of amides is 1. The number of esters is 1. The van der Waals surface area contributed by atoms with E-state index in [1.54, 1.807) is 19.1 Å². The molecule has 0 spiro atoms. The highest BCUT2D eigenvalue weighted by atomic mass is 32.1. The minimum atomic E-state index is -0.445. The zero-order valence-electron chi connectivity index (χ0n) is 13.7. The smallest absolute Gasteiger partial charge is 0.341 e. The molecule has 1 heterocycles. The van der Waals surface area contributed by atoms with Gasteiger partial charge in [0.1, 0.15) is 16.3 Å². The van der Waals surface area contributed by atoms with Crippen molar-refractivity contribution in [2.45, 2.75) is 6.92 Å². The van der Waals surface area contributed by atoms with Crippen LogP contribution < -0.4 is 10.1 Å². The molecule has 0 radical (unpaired) electrons. The maximum absolute atomic E-state index is 12.3. The number of para-hydroxylation sites is 1. The number of thiophene rings is 1. The van der Waals surface area contributed by atoms with E-state index in [0.29, 0.717) is 16.3 Å². The fraction of sp³-hybridized carbons (Fsp3) is 0.158. The fourth-order valence-electron chi connectivity index (χ4n) is 2.37. The molecule has 0 fully saturated rings. The first-order chi connectivity index (χ1) is 12.2. The molecule has 0 unspecified atom stereocenters. The predicted octanol–water partition coefficient (Wildman–Crippen LogP) is 4.10. The van der Waals surface area contributed by atoms with Gasteiger partial charge in [-0.25, -0.2) is 4.79 Å². The molecule has 25 heavy (non-hydrogen) atoms. The summed E-state index contributed by atoms with van der Waals surface area (Å²) in [5, 5.41) is 4.01. The van der Waals surface area contributed by atoms with E-state index in [1.807, 2.05) is 42.5 Å². The Balaban J connectivity index is 1.79. The number of carbonyl (C=O) groups is 2. The molecule has 1 N–H and O–H groups in total. The maximum Gasteiger partial charge on any atom is 0.341 e. The van der Waals surface area contributed by atoms with E-state index in [9.17, 15) is 9.59 Å². The molecule has 0 aliphatic rings. The third kappa shape index (κ3) is 3.97. The highest BCUT2D eigenvalue weighted by Gasteiger charge is 2.21. The van der Waals surface area contributed by atoms with Gasteiger partial charge < -0.3 is 14.8 Å². The van der Waals surface area contributed by atoms with Crippen LogP contribution in [0.25, 0.3) is 10.1 Å². The molecule has 6 heteroatoms. The zero-order chi connectivity index (χ0) is 17.6. The largest absolute Gasteiger partial charge is 0.484 e. The molecule has 5 nitrogen and oxygen atoms in total. The molecule has 3 aromatic rings. The molecular weight excluding hydrogens is 338 g/mol. The first-order valence-corrected chi connectivity index (χ1v) is 8.67. The second kappa shape index (κ2) is 7.81. The lowest BCUT2D eigenvalue weighted by atomic mass is 10.1. The molecule has 1 aromatic heterocycles. The molecule has 0 bridgehead atoms. The molecule has 0 saturated carbocycles. The second-order valence-electron chi connectivity index (χ2n) is 5.17. The van der Waals surface area contributed by atoms with Crippen molar-refractivity contribution in [1.29, 1.82) is 0 Å². The van der Waals surface area contributed by atoms with Crippen molar-refractivity contribution >= 4 is 38.3 Å². The molecule has 0 saturated heterocycles. The summed E-state index contributed by atoms with van der Waals surface area (Å²) in [7, 11) is 0. The van der Waals surface area contributed by atoms with E-state index < -0.39 is 5.97 Å². The van der Waals surface area contributed by atoms with Crippen LogP contribution in [0, 0.1) is 0 Å². The Kier molecular flexibility index (Phi) is 5.30. The van der Waals surface area contributed by atoms with Gasteiger partial charge in [-0.3, -0.25) is 4.79 Å². The summed E-state index contributed by atoms with van der Waals surface area (Å²) in [4.78, 5) is 24.5. The van der Waals surface area contributed by atoms with E-state index in [1.165, 1.54) is 11.3 Å². The normalized spacial score (nSPS) is 10.4. The lowest BCUT2D eigenvalue weighted by Crippen LogP contribution is -2.21. The molecular formula is C19H17NO4S. The Morgan fingerprint density at radius 3 is 2.52 bits per heavy atom. The third-order valence-electron chi connectivity index (χ3n) is 3.44. The SMILES string of the molecule is CCOC(=O)c1c(NC(=O)COc2ccccc2)sc2ccccc12. The van der Waals surface area contributed by atoms with Gasteiger partial charge in [-0.15, -0.1) is 11.3 Å². The fourth-order valence-corrected chi connectivity index (χ4v) is 3.47. The Morgan fingerprint density at radius 2 is 1.76 bits per heavy atom. The van der Waals surface area contributed by atoms with Crippen LogP contribution >= 0.6 is 11.3 Å². The van der Waals surface area contributed by atoms with E-state index >= 15 is 0 Å². The lowest BCUT2D eigenvalue weighted by Gasteiger charge is -2.08. The van der Waals surface area contributed by atoms with E-state index in [-0.39, 0.29) is 19.1 Å². The number of hydrogen-bond donors (Lipinski definition) is 1. The van der Waals surface area contributed by atoms with Gasteiger partial charge in [-0.2, -0.15) is 0 Å². The monoisotopic (exact) mass is 355 g/mol. The number of carbonyl (C=O) groups excluding carboxylic acids is 2. The van der Waals surface area contributed by atoms with Crippen LogP contribution in [0.1, 0.15) is 17.3 Å². The number of nitrogens with one attached hydrogen (secondary N) is 1. The molecule has 128 valence electrons. The van der Waals surface area contributed by atoms with Gasteiger partial charge in [0.25, 0.3) is 5.91 Å². The average Bonchev–Trinajstić information content (AvgIpc) is 2.99. The van der Waals surface area contributed by atoms with Crippen molar-refractivity contribution < 1.29 is 19.1 Å². The molecule has 1 amide bonds. The summed E-state index contributed by atoms with van der Waals surface area (Å²) in [6, 6.07) is 16.6. The Bertz CT molecular complexity index is 889. The number of hydrogen-bond acceptors (Lipinski definition) is 5. The Morgan fingerprint density at radius 1 is 1.04 bits per heavy atom. The summed E-state index contributed by atoms with van der Waals surface area (Å²) < 4.78 is 11.5. The summed E-state index contributed by atoms with van der Waals surface area (Å²) in [6.45, 7) is 1.88. The summed E-state index contributed by atoms with van der Waals surface area (Å²) >= 11 is 1.34. The Hall–Kier alpha value is -2.86. The predicted molar refractivity (Wildman–Crippen MR) is 98.3 cm³/mol. The van der Waals surface area contributed by atoms with Crippen LogP contribution in [0.5, 0.6) is 5.75 Å². The first kappa shape index (κ1) is 17.0. The van der Waals surface area contributed by atoms with Gasteiger partial charge >= 0.3 is 5.97 Å². The molecule has 0 atom stereocenters. The van der Waals surface area contributed by atoms with Crippen molar-refractivity contribution in [2.24, 2.45) is 0 Å². The molecule has 3 rings (SSSR count). The van der Waals surface area contributed by atoms with Crippen LogP contribution in [0.15, 0.2) is 54.6 Å². The summed E-state index contributed by atoms with van der Waals surface area (Å²) in [6.07, 6.45) is 0. The zero-order valence-corrected chi connectivity index (χ0v) is 14.5. The van der Waals surface area contributed by atoms with Crippen LogP contribution in [0.2, 0.25) is 0 Å². The number of fused-ring (bicyclic) bond motifs is 1. The number of rotatable bonds is 6. The van der Waals surface area contributed by atoms with E-state index in [0.717, 1.165) is 10.1 Å². The van der Waals surface area contributed by atoms with E-state index in [4.69, 9.17) is 9.47 Å². The van der Waals surface area contributed by atoms with Gasteiger partial charge in [-0.05, 0) is 25.1 Å². The number of ether oxygens (including phenoxy) is 2. The van der Waals surface area contributed by atoms with Crippen molar-refractivity contribution in [3.05, 3.63) is 60.2 Å². The van der Waals surface area contributed by atoms with Crippen LogP contribution in [-0.2, 0) is 9.53 Å². The van der Waals surface area contributed by atoms with Crippen molar-refractivity contribution in [1.82, 2.24) is 0 Å². The minimum Gasteiger partial charge on any atom is -0.484 e. The van der Waals surface area contributed by atoms with E-state index in [2.05, 4.69) is 5.32 Å². The van der Waals surface area contributed by atoms with Crippen molar-refractivity contribution in [2.75, 3.05) is 18.5 Å². The highest BCUT2D eigenvalue weighted by molar-refractivity contribution is 7.23. The second-order valence-corrected chi connectivity index (χ2v) is 6.22.